The summed E-state index contributed by atoms with van der Waals surface area (Å²) in [6.45, 7) is 3.90. The first kappa shape index (κ1) is 12.5. The van der Waals surface area contributed by atoms with E-state index in [0.29, 0.717) is 0 Å². The Hall–Kier alpha value is -1.97. The van der Waals surface area contributed by atoms with E-state index in [0.717, 1.165) is 16.7 Å². The van der Waals surface area contributed by atoms with Gasteiger partial charge in [-0.1, -0.05) is 6.07 Å². The Morgan fingerprint density at radius 3 is 2.89 bits per heavy atom. The fourth-order valence-electron chi connectivity index (χ4n) is 1.91. The quantitative estimate of drug-likeness (QED) is 0.897. The van der Waals surface area contributed by atoms with Crippen molar-refractivity contribution in [3.05, 3.63) is 30.5 Å². The van der Waals surface area contributed by atoms with Gasteiger partial charge in [-0.15, -0.1) is 0 Å². The summed E-state index contributed by atoms with van der Waals surface area (Å²) >= 11 is 0. The third-order valence-corrected chi connectivity index (χ3v) is 2.70. The van der Waals surface area contributed by atoms with Gasteiger partial charge >= 0.3 is 0 Å². The number of amides is 1. The molecule has 0 aliphatic carbocycles. The van der Waals surface area contributed by atoms with E-state index in [1.54, 1.807) is 0 Å². The minimum atomic E-state index is -0.0991. The number of nitrogens with zero attached hydrogens (tertiary/aromatic N) is 1. The van der Waals surface area contributed by atoms with Crippen LogP contribution in [0.1, 0.15) is 13.8 Å². The molecule has 0 spiro atoms. The normalized spacial score (nSPS) is 10.9. The maximum absolute atomic E-state index is 11.5. The van der Waals surface area contributed by atoms with Crippen LogP contribution in [0, 0.1) is 0 Å². The van der Waals surface area contributed by atoms with Crippen LogP contribution in [0.3, 0.4) is 0 Å². The number of fused-ring (bicyclic) bond motifs is 1. The van der Waals surface area contributed by atoms with Crippen molar-refractivity contribution in [2.45, 2.75) is 19.9 Å². The van der Waals surface area contributed by atoms with Gasteiger partial charge in [0.15, 0.2) is 6.61 Å². The average Bonchev–Trinajstić information content (AvgIpc) is 2.68. The first-order valence-electron chi connectivity index (χ1n) is 6.04. The van der Waals surface area contributed by atoms with Crippen LogP contribution >= 0.6 is 0 Å². The van der Waals surface area contributed by atoms with Crippen molar-refractivity contribution in [1.29, 1.82) is 0 Å². The lowest BCUT2D eigenvalue weighted by Gasteiger charge is -2.10. The van der Waals surface area contributed by atoms with Crippen LogP contribution in [0.15, 0.2) is 30.5 Å². The fraction of sp³-hybridized carbons (Fsp3) is 0.357. The standard InChI is InChI=1S/C14H18N2O2/c1-10(2)15-14(17)9-18-13-6-4-5-12-11(13)7-8-16(12)3/h4-8,10H,9H2,1-3H3,(H,15,17). The molecule has 2 rings (SSSR count). The number of benzene rings is 1. The van der Waals surface area contributed by atoms with Gasteiger partial charge in [-0.25, -0.2) is 0 Å². The van der Waals surface area contributed by atoms with Crippen molar-refractivity contribution in [2.75, 3.05) is 6.61 Å². The molecule has 1 heterocycles. The van der Waals surface area contributed by atoms with Gasteiger partial charge in [0.25, 0.3) is 5.91 Å². The zero-order valence-corrected chi connectivity index (χ0v) is 10.9. The Morgan fingerprint density at radius 1 is 1.39 bits per heavy atom. The van der Waals surface area contributed by atoms with Gasteiger partial charge in [-0.2, -0.15) is 0 Å². The minimum absolute atomic E-state index is 0.0478. The summed E-state index contributed by atoms with van der Waals surface area (Å²) in [6, 6.07) is 7.96. The van der Waals surface area contributed by atoms with Crippen LogP contribution in [0.2, 0.25) is 0 Å². The number of ether oxygens (including phenoxy) is 1. The molecule has 0 aliphatic rings. The predicted octanol–water partition coefficient (Wildman–Crippen LogP) is 2.08. The molecule has 0 radical (unpaired) electrons. The third-order valence-electron chi connectivity index (χ3n) is 2.70. The molecule has 2 aromatic rings. The van der Waals surface area contributed by atoms with Crippen molar-refractivity contribution in [1.82, 2.24) is 9.88 Å². The first-order valence-corrected chi connectivity index (χ1v) is 6.04. The number of rotatable bonds is 4. The Morgan fingerprint density at radius 2 is 2.17 bits per heavy atom. The van der Waals surface area contributed by atoms with E-state index in [1.165, 1.54) is 0 Å². The zero-order valence-electron chi connectivity index (χ0n) is 10.9. The van der Waals surface area contributed by atoms with E-state index >= 15 is 0 Å². The van der Waals surface area contributed by atoms with E-state index in [1.807, 2.05) is 55.9 Å². The number of carbonyl (C=O) groups is 1. The molecule has 0 bridgehead atoms. The molecule has 96 valence electrons. The van der Waals surface area contributed by atoms with Crippen molar-refractivity contribution >= 4 is 16.8 Å². The lowest BCUT2D eigenvalue weighted by molar-refractivity contribution is -0.123. The highest BCUT2D eigenvalue weighted by molar-refractivity contribution is 5.87. The van der Waals surface area contributed by atoms with Crippen molar-refractivity contribution < 1.29 is 9.53 Å². The summed E-state index contributed by atoms with van der Waals surface area (Å²) in [6.07, 6.45) is 1.98. The second kappa shape index (κ2) is 5.12. The Labute approximate surface area is 107 Å². The highest BCUT2D eigenvalue weighted by Crippen LogP contribution is 2.25. The van der Waals surface area contributed by atoms with Crippen LogP contribution in [-0.2, 0) is 11.8 Å². The molecule has 0 saturated heterocycles. The van der Waals surface area contributed by atoms with Crippen LogP contribution in [0.5, 0.6) is 5.75 Å². The topological polar surface area (TPSA) is 43.3 Å². The van der Waals surface area contributed by atoms with E-state index in [9.17, 15) is 4.79 Å². The molecule has 0 saturated carbocycles. The number of aryl methyl sites for hydroxylation is 1. The van der Waals surface area contributed by atoms with Gasteiger partial charge in [-0.05, 0) is 32.0 Å². The molecular formula is C14H18N2O2. The largest absolute Gasteiger partial charge is 0.483 e. The number of nitrogens with one attached hydrogen (secondary N) is 1. The highest BCUT2D eigenvalue weighted by Gasteiger charge is 2.08. The smallest absolute Gasteiger partial charge is 0.258 e. The molecular weight excluding hydrogens is 228 g/mol. The molecule has 1 amide bonds. The molecule has 0 fully saturated rings. The SMILES string of the molecule is CC(C)NC(=O)COc1cccc2c1ccn2C. The summed E-state index contributed by atoms with van der Waals surface area (Å²) in [4.78, 5) is 11.5. The van der Waals surface area contributed by atoms with Gasteiger partial charge < -0.3 is 14.6 Å². The summed E-state index contributed by atoms with van der Waals surface area (Å²) in [5, 5.41) is 3.82. The highest BCUT2D eigenvalue weighted by atomic mass is 16.5. The molecule has 4 nitrogen and oxygen atoms in total. The molecule has 18 heavy (non-hydrogen) atoms. The van der Waals surface area contributed by atoms with E-state index in [4.69, 9.17) is 4.74 Å². The van der Waals surface area contributed by atoms with Gasteiger partial charge in [-0.3, -0.25) is 4.79 Å². The second-order valence-electron chi connectivity index (χ2n) is 4.63. The molecule has 1 aromatic heterocycles. The Bertz CT molecular complexity index is 558. The van der Waals surface area contributed by atoms with E-state index in [-0.39, 0.29) is 18.6 Å². The van der Waals surface area contributed by atoms with Crippen molar-refractivity contribution in [3.63, 3.8) is 0 Å². The molecule has 0 atom stereocenters. The molecule has 0 aliphatic heterocycles. The Balaban J connectivity index is 2.10. The van der Waals surface area contributed by atoms with E-state index in [2.05, 4.69) is 5.32 Å². The summed E-state index contributed by atoms with van der Waals surface area (Å²) in [5.74, 6) is 0.643. The maximum Gasteiger partial charge on any atom is 0.258 e. The minimum Gasteiger partial charge on any atom is -0.483 e. The Kier molecular flexibility index (Phi) is 3.55. The van der Waals surface area contributed by atoms with Gasteiger partial charge in [0.2, 0.25) is 0 Å². The fourth-order valence-corrected chi connectivity index (χ4v) is 1.91. The summed E-state index contributed by atoms with van der Waals surface area (Å²) in [7, 11) is 1.98. The van der Waals surface area contributed by atoms with Gasteiger partial charge in [0.05, 0.1) is 5.52 Å². The molecule has 0 unspecified atom stereocenters. The monoisotopic (exact) mass is 246 g/mol. The summed E-state index contributed by atoms with van der Waals surface area (Å²) in [5.41, 5.74) is 1.09. The van der Waals surface area contributed by atoms with Crippen molar-refractivity contribution in [3.8, 4) is 5.75 Å². The van der Waals surface area contributed by atoms with Crippen LogP contribution in [0.25, 0.3) is 10.9 Å². The predicted molar refractivity (Wildman–Crippen MR) is 71.7 cm³/mol. The second-order valence-corrected chi connectivity index (χ2v) is 4.63. The van der Waals surface area contributed by atoms with Gasteiger partial charge in [0.1, 0.15) is 5.75 Å². The molecule has 1 N–H and O–H groups in total. The summed E-state index contributed by atoms with van der Waals surface area (Å²) < 4.78 is 7.59. The van der Waals surface area contributed by atoms with Crippen molar-refractivity contribution in [2.24, 2.45) is 7.05 Å². The maximum atomic E-state index is 11.5. The molecule has 1 aromatic carbocycles. The lowest BCUT2D eigenvalue weighted by Crippen LogP contribution is -2.34. The number of carbonyl (C=O) groups excluding carboxylic acids is 1. The number of hydrogen-bond donors (Lipinski definition) is 1. The number of aromatic nitrogens is 1. The third kappa shape index (κ3) is 2.64. The first-order chi connectivity index (χ1) is 8.58. The van der Waals surface area contributed by atoms with E-state index < -0.39 is 0 Å². The lowest BCUT2D eigenvalue weighted by atomic mass is 10.2. The number of hydrogen-bond acceptors (Lipinski definition) is 2. The molecule has 4 heteroatoms. The van der Waals surface area contributed by atoms with Gasteiger partial charge in [0, 0.05) is 24.7 Å². The van der Waals surface area contributed by atoms with Crippen LogP contribution in [-0.4, -0.2) is 23.1 Å². The van der Waals surface area contributed by atoms with Crippen LogP contribution in [0.4, 0.5) is 0 Å². The average molecular weight is 246 g/mol. The van der Waals surface area contributed by atoms with Crippen LogP contribution < -0.4 is 10.1 Å². The zero-order chi connectivity index (χ0) is 13.1.